The fraction of sp³-hybridized carbons (Fsp3) is 0.250. The van der Waals surface area contributed by atoms with Crippen LogP contribution in [0.2, 0.25) is 5.02 Å². The van der Waals surface area contributed by atoms with Crippen molar-refractivity contribution in [2.75, 3.05) is 43.1 Å². The molecule has 39 heavy (non-hydrogen) atoms. The molecule has 0 radical (unpaired) electrons. The van der Waals surface area contributed by atoms with Gasteiger partial charge in [0, 0.05) is 48.0 Å². The second-order valence-electron chi connectivity index (χ2n) is 9.16. The number of halogens is 2. The van der Waals surface area contributed by atoms with Gasteiger partial charge < -0.3 is 29.9 Å². The molecule has 5 rings (SSSR count). The molecule has 2 aromatic heterocycles. The van der Waals surface area contributed by atoms with E-state index in [-0.39, 0.29) is 18.3 Å². The lowest BCUT2D eigenvalue weighted by molar-refractivity contribution is 0.0916. The Hall–Kier alpha value is -3.99. The fourth-order valence-electron chi connectivity index (χ4n) is 4.38. The predicted molar refractivity (Wildman–Crippen MR) is 148 cm³/mol. The second kappa shape index (κ2) is 11.8. The molecule has 11 heteroatoms. The van der Waals surface area contributed by atoms with E-state index in [2.05, 4.69) is 20.6 Å². The Morgan fingerprint density at radius 3 is 2.79 bits per heavy atom. The van der Waals surface area contributed by atoms with Gasteiger partial charge in [-0.3, -0.25) is 4.79 Å². The maximum Gasteiger partial charge on any atom is 0.253 e. The van der Waals surface area contributed by atoms with Crippen LogP contribution in [0.4, 0.5) is 21.7 Å². The Bertz CT molecular complexity index is 1470. The highest BCUT2D eigenvalue weighted by Crippen LogP contribution is 2.26. The monoisotopic (exact) mass is 550 g/mol. The molecule has 3 N–H and O–H groups in total. The highest BCUT2D eigenvalue weighted by atomic mass is 35.5. The molecule has 1 aliphatic heterocycles. The van der Waals surface area contributed by atoms with Crippen molar-refractivity contribution in [2.24, 2.45) is 0 Å². The molecular formula is C28H28ClFN6O3. The first-order valence-corrected chi connectivity index (χ1v) is 12.9. The molecule has 1 aliphatic rings. The Labute approximate surface area is 230 Å². The lowest BCUT2D eigenvalue weighted by Gasteiger charge is -2.29. The van der Waals surface area contributed by atoms with Gasteiger partial charge in [0.1, 0.15) is 11.6 Å². The zero-order valence-corrected chi connectivity index (χ0v) is 22.0. The summed E-state index contributed by atoms with van der Waals surface area (Å²) in [5.41, 5.74) is 3.05. The van der Waals surface area contributed by atoms with Crippen molar-refractivity contribution in [3.05, 3.63) is 94.7 Å². The molecule has 4 aromatic rings. The van der Waals surface area contributed by atoms with Crippen LogP contribution >= 0.6 is 11.6 Å². The van der Waals surface area contributed by atoms with Crippen LogP contribution < -0.4 is 15.5 Å². The molecule has 1 fully saturated rings. The molecule has 1 atom stereocenters. The van der Waals surface area contributed by atoms with Gasteiger partial charge in [-0.2, -0.15) is 4.98 Å². The lowest BCUT2D eigenvalue weighted by atomic mass is 10.1. The van der Waals surface area contributed by atoms with Crippen molar-refractivity contribution in [3.8, 4) is 5.82 Å². The number of aliphatic hydroxyl groups excluding tert-OH is 1. The molecule has 0 aliphatic carbocycles. The number of ether oxygens (including phenoxy) is 1. The smallest absolute Gasteiger partial charge is 0.253 e. The third-order valence-electron chi connectivity index (χ3n) is 6.44. The van der Waals surface area contributed by atoms with E-state index in [1.807, 2.05) is 11.8 Å². The first-order valence-electron chi connectivity index (χ1n) is 12.5. The lowest BCUT2D eigenvalue weighted by Crippen LogP contribution is -2.36. The number of nitrogens with one attached hydrogen (secondary N) is 2. The van der Waals surface area contributed by atoms with Crippen molar-refractivity contribution < 1.29 is 19.0 Å². The summed E-state index contributed by atoms with van der Waals surface area (Å²) < 4.78 is 21.6. The summed E-state index contributed by atoms with van der Waals surface area (Å²) in [6, 6.07) is 12.9. The summed E-state index contributed by atoms with van der Waals surface area (Å²) in [5.74, 6) is 0.261. The number of carbonyl (C=O) groups is 1. The van der Waals surface area contributed by atoms with Crippen LogP contribution in [0.15, 0.2) is 67.1 Å². The minimum Gasteiger partial charge on any atom is -0.394 e. The van der Waals surface area contributed by atoms with E-state index < -0.39 is 6.04 Å². The number of aliphatic hydroxyl groups is 1. The Morgan fingerprint density at radius 1 is 1.21 bits per heavy atom. The molecular weight excluding hydrogens is 523 g/mol. The van der Waals surface area contributed by atoms with E-state index in [9.17, 15) is 14.3 Å². The Kier molecular flexibility index (Phi) is 8.06. The normalized spacial score (nSPS) is 14.2. The second-order valence-corrected chi connectivity index (χ2v) is 9.60. The molecule has 1 saturated heterocycles. The van der Waals surface area contributed by atoms with Crippen molar-refractivity contribution in [1.29, 1.82) is 0 Å². The summed E-state index contributed by atoms with van der Waals surface area (Å²) in [6.07, 6.45) is 5.07. The summed E-state index contributed by atoms with van der Waals surface area (Å²) in [5, 5.41) is 16.3. The highest BCUT2D eigenvalue weighted by Gasteiger charge is 2.18. The van der Waals surface area contributed by atoms with Crippen molar-refractivity contribution >= 4 is 34.8 Å². The molecule has 2 aromatic carbocycles. The Balaban J connectivity index is 1.33. The van der Waals surface area contributed by atoms with Crippen LogP contribution in [-0.2, 0) is 4.74 Å². The standard InChI is InChI=1S/C28H28ClFN6O3/c1-18-15-31-28(32-22-5-6-23(30)25(14-22)35-9-11-39-12-10-35)34-26(18)36-8-7-20(16-36)27(38)33-24(17-37)19-3-2-4-21(29)13-19/h2-8,13-16,24,37H,9-12,17H2,1H3,(H,33,38)(H,31,32,34). The number of nitrogens with zero attached hydrogens (tertiary/aromatic N) is 4. The number of anilines is 3. The molecule has 1 amide bonds. The third kappa shape index (κ3) is 6.19. The molecule has 3 heterocycles. The number of rotatable bonds is 8. The van der Waals surface area contributed by atoms with Crippen molar-refractivity contribution in [2.45, 2.75) is 13.0 Å². The van der Waals surface area contributed by atoms with E-state index in [1.165, 1.54) is 6.07 Å². The summed E-state index contributed by atoms with van der Waals surface area (Å²) in [4.78, 5) is 23.9. The number of aryl methyl sites for hydroxylation is 1. The number of morpholine rings is 1. The van der Waals surface area contributed by atoms with Gasteiger partial charge in [0.15, 0.2) is 0 Å². The van der Waals surface area contributed by atoms with Crippen LogP contribution in [0.1, 0.15) is 27.5 Å². The van der Waals surface area contributed by atoms with Gasteiger partial charge in [-0.1, -0.05) is 23.7 Å². The van der Waals surface area contributed by atoms with E-state index in [0.29, 0.717) is 65.6 Å². The topological polar surface area (TPSA) is 105 Å². The number of aromatic nitrogens is 3. The van der Waals surface area contributed by atoms with Crippen molar-refractivity contribution in [1.82, 2.24) is 19.9 Å². The quantitative estimate of drug-likeness (QED) is 0.298. The van der Waals surface area contributed by atoms with Crippen LogP contribution in [-0.4, -0.2) is 58.5 Å². The average molecular weight is 551 g/mol. The largest absolute Gasteiger partial charge is 0.394 e. The van der Waals surface area contributed by atoms with Crippen molar-refractivity contribution in [3.63, 3.8) is 0 Å². The molecule has 0 spiro atoms. The average Bonchev–Trinajstić information content (AvgIpc) is 3.44. The van der Waals surface area contributed by atoms with Gasteiger partial charge >= 0.3 is 0 Å². The van der Waals surface area contributed by atoms with E-state index in [0.717, 1.165) is 5.56 Å². The molecule has 202 valence electrons. The highest BCUT2D eigenvalue weighted by molar-refractivity contribution is 6.30. The maximum atomic E-state index is 14.5. The number of hydrogen-bond acceptors (Lipinski definition) is 7. The van der Waals surface area contributed by atoms with E-state index in [1.54, 1.807) is 65.6 Å². The minimum atomic E-state index is -0.603. The summed E-state index contributed by atoms with van der Waals surface area (Å²) in [6.45, 7) is 3.94. The first-order chi connectivity index (χ1) is 18.9. The summed E-state index contributed by atoms with van der Waals surface area (Å²) >= 11 is 6.06. The Morgan fingerprint density at radius 2 is 2.03 bits per heavy atom. The number of hydrogen-bond donors (Lipinski definition) is 3. The zero-order valence-electron chi connectivity index (χ0n) is 21.3. The van der Waals surface area contributed by atoms with Gasteiger partial charge in [-0.25, -0.2) is 9.37 Å². The fourth-order valence-corrected chi connectivity index (χ4v) is 4.58. The van der Waals surface area contributed by atoms with E-state index in [4.69, 9.17) is 16.3 Å². The molecule has 1 unspecified atom stereocenters. The molecule has 0 saturated carbocycles. The SMILES string of the molecule is Cc1cnc(Nc2ccc(F)c(N3CCOCC3)c2)nc1-n1ccc(C(=O)NC(CO)c2cccc(Cl)c2)c1. The minimum absolute atomic E-state index is 0.274. The van der Waals surface area contributed by atoms with Crippen LogP contribution in [0.3, 0.4) is 0 Å². The molecule has 9 nitrogen and oxygen atoms in total. The van der Waals surface area contributed by atoms with Gasteiger partial charge in [-0.05, 0) is 48.9 Å². The predicted octanol–water partition coefficient (Wildman–Crippen LogP) is 4.41. The first kappa shape index (κ1) is 26.6. The zero-order chi connectivity index (χ0) is 27.4. The van der Waals surface area contributed by atoms with E-state index >= 15 is 0 Å². The molecule has 0 bridgehead atoms. The number of amides is 1. The summed E-state index contributed by atoms with van der Waals surface area (Å²) in [7, 11) is 0. The number of carbonyl (C=O) groups excluding carboxylic acids is 1. The third-order valence-corrected chi connectivity index (χ3v) is 6.67. The van der Waals surface area contributed by atoms with Crippen LogP contribution in [0, 0.1) is 12.7 Å². The van der Waals surface area contributed by atoms with Crippen LogP contribution in [0.25, 0.3) is 5.82 Å². The maximum absolute atomic E-state index is 14.5. The number of benzene rings is 2. The van der Waals surface area contributed by atoms with Gasteiger partial charge in [0.05, 0.1) is 37.1 Å². The van der Waals surface area contributed by atoms with Gasteiger partial charge in [0.2, 0.25) is 5.95 Å². The van der Waals surface area contributed by atoms with Crippen LogP contribution in [0.5, 0.6) is 0 Å². The van der Waals surface area contributed by atoms with Gasteiger partial charge in [-0.15, -0.1) is 0 Å². The van der Waals surface area contributed by atoms with Gasteiger partial charge in [0.25, 0.3) is 5.91 Å².